The van der Waals surface area contributed by atoms with E-state index < -0.39 is 0 Å². The molecule has 3 aliphatic heterocycles. The van der Waals surface area contributed by atoms with E-state index >= 15 is 0 Å². The van der Waals surface area contributed by atoms with Crippen molar-refractivity contribution in [2.75, 3.05) is 18.0 Å². The van der Waals surface area contributed by atoms with Gasteiger partial charge < -0.3 is 4.90 Å². The van der Waals surface area contributed by atoms with Gasteiger partial charge in [-0.1, -0.05) is 19.9 Å². The Labute approximate surface area is 236 Å². The third-order valence-corrected chi connectivity index (χ3v) is 8.97. The lowest BCUT2D eigenvalue weighted by Gasteiger charge is -2.56. The summed E-state index contributed by atoms with van der Waals surface area (Å²) in [5, 5.41) is 14.2. The molecule has 7 heterocycles. The van der Waals surface area contributed by atoms with Crippen LogP contribution in [0.2, 0.25) is 0 Å². The van der Waals surface area contributed by atoms with Gasteiger partial charge in [0.2, 0.25) is 0 Å². The minimum absolute atomic E-state index is 0.564. The first kappa shape index (κ1) is 25.2. The number of hydrogen-bond donors (Lipinski definition) is 0. The Hall–Kier alpha value is -3.76. The molecule has 1 aliphatic carbocycles. The van der Waals surface area contributed by atoms with Crippen molar-refractivity contribution in [2.24, 2.45) is 11.8 Å². The summed E-state index contributed by atoms with van der Waals surface area (Å²) >= 11 is 0. The number of rotatable bonds is 9. The van der Waals surface area contributed by atoms with Crippen LogP contribution in [0, 0.1) is 23.2 Å². The van der Waals surface area contributed by atoms with Crippen molar-refractivity contribution >= 4 is 11.3 Å². The van der Waals surface area contributed by atoms with Gasteiger partial charge in [-0.2, -0.15) is 10.4 Å². The fourth-order valence-electron chi connectivity index (χ4n) is 6.43. The summed E-state index contributed by atoms with van der Waals surface area (Å²) in [5.74, 6) is 2.54. The Morgan fingerprint density at radius 2 is 1.85 bits per heavy atom. The van der Waals surface area contributed by atoms with E-state index in [0.717, 1.165) is 67.3 Å². The van der Waals surface area contributed by atoms with Gasteiger partial charge in [0.15, 0.2) is 0 Å². The number of fused-ring (bicyclic) bond motifs is 3. The lowest BCUT2D eigenvalue weighted by Crippen LogP contribution is -2.68. The van der Waals surface area contributed by atoms with Gasteiger partial charge in [0, 0.05) is 67.1 Å². The van der Waals surface area contributed by atoms with Crippen LogP contribution < -0.4 is 4.90 Å². The molecule has 4 aliphatic rings. The van der Waals surface area contributed by atoms with Crippen LogP contribution in [0.15, 0.2) is 55.1 Å². The second kappa shape index (κ2) is 10.3. The van der Waals surface area contributed by atoms with Gasteiger partial charge in [0.1, 0.15) is 11.9 Å². The monoisotopic (exact) mass is 531 g/mol. The van der Waals surface area contributed by atoms with Gasteiger partial charge in [-0.05, 0) is 85.8 Å². The summed E-state index contributed by atoms with van der Waals surface area (Å²) in [5.41, 5.74) is 7.31. The number of hydrogen-bond acceptors (Lipinski definition) is 6. The van der Waals surface area contributed by atoms with Crippen molar-refractivity contribution < 1.29 is 0 Å². The molecule has 4 aromatic heterocycles. The summed E-state index contributed by atoms with van der Waals surface area (Å²) in [7, 11) is 0. The van der Waals surface area contributed by atoms with Crippen LogP contribution in [0.5, 0.6) is 0 Å². The second-order valence-corrected chi connectivity index (χ2v) is 12.5. The largest absolute Gasteiger partial charge is 0.353 e. The van der Waals surface area contributed by atoms with Crippen molar-refractivity contribution in [1.82, 2.24) is 24.5 Å². The molecule has 3 saturated heterocycles. The molecule has 0 amide bonds. The SMILES string of the molecule is CC(C)CCc1cc(-c2ccc(N3CC4CC(C3)N4Cc3ccc(CC4CC4)nc3)nc2)c2c(C#N)cnn2c1. The standard InChI is InChI=1S/C33H37N7/c1-22(2)3-4-24-12-31(33-27(14-34)17-37-40(33)19-24)26-8-10-32(36-16-26)38-20-29-13-30(21-38)39(29)18-25-7-9-28(35-15-25)11-23-5-6-23/h7-10,12,15-17,19,22-23,29-30H,3-6,11,13,18,20-21H2,1-2H3. The lowest BCUT2D eigenvalue weighted by atomic mass is 9.87. The Morgan fingerprint density at radius 3 is 2.52 bits per heavy atom. The fourth-order valence-corrected chi connectivity index (χ4v) is 6.43. The number of piperazine rings is 1. The molecule has 7 nitrogen and oxygen atoms in total. The van der Waals surface area contributed by atoms with Crippen molar-refractivity contribution in [3.63, 3.8) is 0 Å². The van der Waals surface area contributed by atoms with Crippen LogP contribution in [0.4, 0.5) is 5.82 Å². The van der Waals surface area contributed by atoms with Crippen molar-refractivity contribution in [3.8, 4) is 17.2 Å². The predicted molar refractivity (Wildman–Crippen MR) is 157 cm³/mol. The summed E-state index contributed by atoms with van der Waals surface area (Å²) in [6.45, 7) is 7.50. The molecular weight excluding hydrogens is 494 g/mol. The minimum atomic E-state index is 0.564. The minimum Gasteiger partial charge on any atom is -0.353 e. The highest BCUT2D eigenvalue weighted by Gasteiger charge is 2.44. The highest BCUT2D eigenvalue weighted by Crippen LogP contribution is 2.37. The molecule has 4 aromatic rings. The van der Waals surface area contributed by atoms with Gasteiger partial charge in [0.25, 0.3) is 0 Å². The van der Waals surface area contributed by atoms with Gasteiger partial charge >= 0.3 is 0 Å². The molecule has 0 radical (unpaired) electrons. The molecule has 2 unspecified atom stereocenters. The third-order valence-electron chi connectivity index (χ3n) is 8.97. The summed E-state index contributed by atoms with van der Waals surface area (Å²) in [6.07, 6.45) is 15.0. The summed E-state index contributed by atoms with van der Waals surface area (Å²) in [4.78, 5) is 14.7. The van der Waals surface area contributed by atoms with Crippen molar-refractivity contribution in [1.29, 1.82) is 5.26 Å². The van der Waals surface area contributed by atoms with Crippen LogP contribution in [-0.4, -0.2) is 49.7 Å². The van der Waals surface area contributed by atoms with Crippen molar-refractivity contribution in [3.05, 3.63) is 77.5 Å². The smallest absolute Gasteiger partial charge is 0.128 e. The van der Waals surface area contributed by atoms with Crippen LogP contribution >= 0.6 is 0 Å². The molecule has 7 heteroatoms. The number of nitriles is 1. The summed E-state index contributed by atoms with van der Waals surface area (Å²) in [6, 6.07) is 14.5. The topological polar surface area (TPSA) is 73.3 Å². The Morgan fingerprint density at radius 1 is 1.00 bits per heavy atom. The Bertz CT molecular complexity index is 1530. The lowest BCUT2D eigenvalue weighted by molar-refractivity contribution is -0.00876. The van der Waals surface area contributed by atoms with E-state index in [2.05, 4.69) is 77.5 Å². The molecule has 1 saturated carbocycles. The zero-order valence-electron chi connectivity index (χ0n) is 23.5. The van der Waals surface area contributed by atoms with E-state index in [9.17, 15) is 5.26 Å². The zero-order chi connectivity index (χ0) is 27.2. The number of anilines is 1. The fraction of sp³-hybridized carbons (Fsp3) is 0.455. The Kier molecular flexibility index (Phi) is 6.51. The normalized spacial score (nSPS) is 20.6. The highest BCUT2D eigenvalue weighted by atomic mass is 15.4. The first-order valence-electron chi connectivity index (χ1n) is 14.9. The molecule has 2 atom stereocenters. The Balaban J connectivity index is 1.05. The maximum absolute atomic E-state index is 9.71. The average Bonchev–Trinajstić information content (AvgIpc) is 3.70. The van der Waals surface area contributed by atoms with E-state index in [1.165, 1.54) is 36.1 Å². The highest BCUT2D eigenvalue weighted by molar-refractivity contribution is 5.84. The van der Waals surface area contributed by atoms with E-state index in [0.29, 0.717) is 23.6 Å². The molecule has 0 spiro atoms. The van der Waals surface area contributed by atoms with Gasteiger partial charge in [-0.15, -0.1) is 0 Å². The number of aromatic nitrogens is 4. The van der Waals surface area contributed by atoms with E-state index in [1.54, 1.807) is 6.20 Å². The van der Waals surface area contributed by atoms with Crippen molar-refractivity contribution in [2.45, 2.75) is 71.0 Å². The number of aryl methyl sites for hydroxylation is 1. The van der Waals surface area contributed by atoms with Crippen LogP contribution in [0.25, 0.3) is 16.6 Å². The second-order valence-electron chi connectivity index (χ2n) is 12.5. The molecular formula is C33H37N7. The van der Waals surface area contributed by atoms with Crippen LogP contribution in [0.3, 0.4) is 0 Å². The number of nitrogens with zero attached hydrogens (tertiary/aromatic N) is 7. The summed E-state index contributed by atoms with van der Waals surface area (Å²) < 4.78 is 1.86. The first-order chi connectivity index (χ1) is 19.5. The molecule has 0 aromatic carbocycles. The van der Waals surface area contributed by atoms with Gasteiger partial charge in [0.05, 0.1) is 17.3 Å². The van der Waals surface area contributed by atoms with Gasteiger partial charge in [-0.25, -0.2) is 9.50 Å². The number of piperidine rings is 1. The maximum atomic E-state index is 9.71. The van der Waals surface area contributed by atoms with E-state index in [4.69, 9.17) is 9.97 Å². The average molecular weight is 532 g/mol. The first-order valence-corrected chi connectivity index (χ1v) is 14.9. The molecule has 204 valence electrons. The van der Waals surface area contributed by atoms with Crippen LogP contribution in [-0.2, 0) is 19.4 Å². The third kappa shape index (κ3) is 4.97. The molecule has 2 bridgehead atoms. The quantitative estimate of drug-likeness (QED) is 0.277. The zero-order valence-corrected chi connectivity index (χ0v) is 23.5. The van der Waals surface area contributed by atoms with Crippen LogP contribution in [0.1, 0.15) is 61.9 Å². The molecule has 8 rings (SSSR count). The molecule has 40 heavy (non-hydrogen) atoms. The molecule has 4 fully saturated rings. The maximum Gasteiger partial charge on any atom is 0.128 e. The van der Waals surface area contributed by atoms with Gasteiger partial charge in [-0.3, -0.25) is 9.88 Å². The number of pyridine rings is 3. The van der Waals surface area contributed by atoms with E-state index in [1.807, 2.05) is 10.7 Å². The molecule has 0 N–H and O–H groups in total. The van der Waals surface area contributed by atoms with E-state index in [-0.39, 0.29) is 0 Å². The predicted octanol–water partition coefficient (Wildman–Crippen LogP) is 5.67.